The van der Waals surface area contributed by atoms with Gasteiger partial charge in [0.05, 0.1) is 0 Å². The highest BCUT2D eigenvalue weighted by Crippen LogP contribution is 2.26. The zero-order chi connectivity index (χ0) is 9.80. The minimum Gasteiger partial charge on any atom is -0.304 e. The van der Waals surface area contributed by atoms with Gasteiger partial charge in [-0.2, -0.15) is 0 Å². The minimum atomic E-state index is 0.424. The highest BCUT2D eigenvalue weighted by molar-refractivity contribution is 6.00. The topological polar surface area (TPSA) is 23.9 Å². The van der Waals surface area contributed by atoms with Crippen LogP contribution in [0.25, 0.3) is 0 Å². The van der Waals surface area contributed by atoms with Crippen LogP contribution >= 0.6 is 0 Å². The van der Waals surface area contributed by atoms with Crippen molar-refractivity contribution in [2.24, 2.45) is 5.92 Å². The van der Waals surface area contributed by atoms with Gasteiger partial charge in [-0.1, -0.05) is 18.2 Å². The summed E-state index contributed by atoms with van der Waals surface area (Å²) in [5.41, 5.74) is 2.23. The molecule has 0 amide bonds. The molecule has 1 heteroatoms. The second kappa shape index (κ2) is 4.59. The number of allylic oxidation sites excluding steroid dienone is 4. The molecule has 0 saturated carbocycles. The fourth-order valence-electron chi connectivity index (χ4n) is 2.37. The lowest BCUT2D eigenvalue weighted by molar-refractivity contribution is 0.643. The molecule has 0 aromatic heterocycles. The van der Waals surface area contributed by atoms with Crippen molar-refractivity contribution in [3.05, 3.63) is 23.8 Å². The molecule has 2 aliphatic rings. The molecular weight excluding hydrogens is 170 g/mol. The molecule has 1 N–H and O–H groups in total. The molecule has 1 nitrogen and oxygen atoms in total. The van der Waals surface area contributed by atoms with E-state index in [0.29, 0.717) is 5.92 Å². The lowest BCUT2D eigenvalue weighted by Gasteiger charge is -2.21. The third-order valence-corrected chi connectivity index (χ3v) is 3.26. The predicted molar refractivity (Wildman–Crippen MR) is 60.8 cm³/mol. The van der Waals surface area contributed by atoms with Crippen molar-refractivity contribution in [1.82, 2.24) is 0 Å². The van der Waals surface area contributed by atoms with Crippen LogP contribution in [0, 0.1) is 11.3 Å². The number of hydrogen-bond acceptors (Lipinski definition) is 1. The maximum absolute atomic E-state index is 8.16. The first kappa shape index (κ1) is 9.70. The molecule has 0 heterocycles. The van der Waals surface area contributed by atoms with E-state index < -0.39 is 0 Å². The molecule has 0 aromatic rings. The van der Waals surface area contributed by atoms with Gasteiger partial charge in [0.25, 0.3) is 0 Å². The molecule has 2 rings (SSSR count). The standard InChI is InChI=1S/C13H19N/c14-13(11-7-3-1-4-8-11)12-9-5-2-6-10-12/h3,7,9,11,14H,1-2,4-6,8,10H2. The second-order valence-electron chi connectivity index (χ2n) is 4.35. The van der Waals surface area contributed by atoms with E-state index in [1.165, 1.54) is 44.1 Å². The summed E-state index contributed by atoms with van der Waals surface area (Å²) in [4.78, 5) is 0. The van der Waals surface area contributed by atoms with Crippen LogP contribution in [-0.4, -0.2) is 5.71 Å². The normalized spacial score (nSPS) is 27.1. The van der Waals surface area contributed by atoms with Gasteiger partial charge in [-0.3, -0.25) is 0 Å². The van der Waals surface area contributed by atoms with E-state index >= 15 is 0 Å². The van der Waals surface area contributed by atoms with Crippen molar-refractivity contribution in [2.75, 3.05) is 0 Å². The van der Waals surface area contributed by atoms with Gasteiger partial charge in [0.2, 0.25) is 0 Å². The Morgan fingerprint density at radius 1 is 1.21 bits per heavy atom. The Morgan fingerprint density at radius 3 is 2.79 bits per heavy atom. The van der Waals surface area contributed by atoms with E-state index in [2.05, 4.69) is 18.2 Å². The molecule has 1 unspecified atom stereocenters. The number of hydrogen-bond donors (Lipinski definition) is 1. The summed E-state index contributed by atoms with van der Waals surface area (Å²) in [6.45, 7) is 0. The quantitative estimate of drug-likeness (QED) is 0.504. The Bertz CT molecular complexity index is 273. The fourth-order valence-corrected chi connectivity index (χ4v) is 2.37. The molecule has 0 aliphatic heterocycles. The van der Waals surface area contributed by atoms with Crippen LogP contribution in [0.4, 0.5) is 0 Å². The van der Waals surface area contributed by atoms with Gasteiger partial charge < -0.3 is 5.41 Å². The van der Waals surface area contributed by atoms with Gasteiger partial charge in [0.15, 0.2) is 0 Å². The fraction of sp³-hybridized carbons (Fsp3) is 0.615. The smallest absolute Gasteiger partial charge is 0.0411 e. The highest BCUT2D eigenvalue weighted by atomic mass is 14.5. The van der Waals surface area contributed by atoms with Crippen LogP contribution in [0.15, 0.2) is 23.8 Å². The Kier molecular flexibility index (Phi) is 3.18. The summed E-state index contributed by atoms with van der Waals surface area (Å²) in [6, 6.07) is 0. The Hall–Kier alpha value is -0.850. The highest BCUT2D eigenvalue weighted by Gasteiger charge is 2.18. The van der Waals surface area contributed by atoms with Crippen LogP contribution in [0.2, 0.25) is 0 Å². The lowest BCUT2D eigenvalue weighted by Crippen LogP contribution is -2.17. The van der Waals surface area contributed by atoms with Crippen molar-refractivity contribution in [3.63, 3.8) is 0 Å². The van der Waals surface area contributed by atoms with Crippen LogP contribution in [0.3, 0.4) is 0 Å². The van der Waals surface area contributed by atoms with Crippen molar-refractivity contribution in [3.8, 4) is 0 Å². The van der Waals surface area contributed by atoms with Crippen molar-refractivity contribution in [2.45, 2.75) is 44.9 Å². The van der Waals surface area contributed by atoms with E-state index in [4.69, 9.17) is 5.41 Å². The van der Waals surface area contributed by atoms with Crippen molar-refractivity contribution < 1.29 is 0 Å². The van der Waals surface area contributed by atoms with Crippen LogP contribution < -0.4 is 0 Å². The summed E-state index contributed by atoms with van der Waals surface area (Å²) in [7, 11) is 0. The Labute approximate surface area is 86.4 Å². The lowest BCUT2D eigenvalue weighted by atomic mass is 9.84. The third-order valence-electron chi connectivity index (χ3n) is 3.26. The molecule has 1 atom stereocenters. The predicted octanol–water partition coefficient (Wildman–Crippen LogP) is 3.86. The summed E-state index contributed by atoms with van der Waals surface area (Å²) < 4.78 is 0. The van der Waals surface area contributed by atoms with Gasteiger partial charge in [-0.25, -0.2) is 0 Å². The van der Waals surface area contributed by atoms with Gasteiger partial charge in [-0.15, -0.1) is 0 Å². The molecule has 0 bridgehead atoms. The maximum atomic E-state index is 8.16. The summed E-state index contributed by atoms with van der Waals surface area (Å²) >= 11 is 0. The summed E-state index contributed by atoms with van der Waals surface area (Å²) in [6.07, 6.45) is 15.4. The molecule has 0 fully saturated rings. The first-order valence-electron chi connectivity index (χ1n) is 5.82. The average molecular weight is 189 g/mol. The van der Waals surface area contributed by atoms with E-state index in [-0.39, 0.29) is 0 Å². The largest absolute Gasteiger partial charge is 0.304 e. The first-order chi connectivity index (χ1) is 6.88. The van der Waals surface area contributed by atoms with E-state index in [9.17, 15) is 0 Å². The molecule has 2 aliphatic carbocycles. The van der Waals surface area contributed by atoms with Crippen LogP contribution in [0.1, 0.15) is 44.9 Å². The maximum Gasteiger partial charge on any atom is 0.0411 e. The molecule has 0 saturated heterocycles. The van der Waals surface area contributed by atoms with E-state index in [0.717, 1.165) is 12.1 Å². The SMILES string of the molecule is N=C(C1=CCCCC1)C1C=CCCC1. The molecular formula is C13H19N. The molecule has 76 valence electrons. The van der Waals surface area contributed by atoms with Gasteiger partial charge in [0.1, 0.15) is 0 Å². The zero-order valence-corrected chi connectivity index (χ0v) is 8.76. The molecule has 14 heavy (non-hydrogen) atoms. The minimum absolute atomic E-state index is 0.424. The van der Waals surface area contributed by atoms with Crippen LogP contribution in [-0.2, 0) is 0 Å². The summed E-state index contributed by atoms with van der Waals surface area (Å²) in [5.74, 6) is 0.424. The number of rotatable bonds is 2. The van der Waals surface area contributed by atoms with Crippen molar-refractivity contribution >= 4 is 5.71 Å². The zero-order valence-electron chi connectivity index (χ0n) is 8.76. The van der Waals surface area contributed by atoms with E-state index in [1.54, 1.807) is 0 Å². The average Bonchev–Trinajstić information content (AvgIpc) is 2.30. The molecule has 0 radical (unpaired) electrons. The Morgan fingerprint density at radius 2 is 2.14 bits per heavy atom. The molecule has 0 aromatic carbocycles. The van der Waals surface area contributed by atoms with Crippen molar-refractivity contribution in [1.29, 1.82) is 5.41 Å². The molecule has 0 spiro atoms. The second-order valence-corrected chi connectivity index (χ2v) is 4.35. The number of nitrogens with one attached hydrogen (secondary N) is 1. The van der Waals surface area contributed by atoms with Gasteiger partial charge in [0, 0.05) is 11.6 Å². The van der Waals surface area contributed by atoms with E-state index in [1.807, 2.05) is 0 Å². The third kappa shape index (κ3) is 2.14. The van der Waals surface area contributed by atoms with Gasteiger partial charge in [-0.05, 0) is 50.5 Å². The first-order valence-corrected chi connectivity index (χ1v) is 5.82. The Balaban J connectivity index is 2.02. The monoisotopic (exact) mass is 189 g/mol. The van der Waals surface area contributed by atoms with Gasteiger partial charge >= 0.3 is 0 Å². The van der Waals surface area contributed by atoms with Crippen LogP contribution in [0.5, 0.6) is 0 Å². The summed E-state index contributed by atoms with van der Waals surface area (Å²) in [5, 5.41) is 8.16.